The summed E-state index contributed by atoms with van der Waals surface area (Å²) in [6.45, 7) is 9.50. The van der Waals surface area contributed by atoms with E-state index in [9.17, 15) is 4.39 Å². The van der Waals surface area contributed by atoms with Gasteiger partial charge in [-0.3, -0.25) is 4.90 Å². The maximum absolute atomic E-state index is 13.8. The summed E-state index contributed by atoms with van der Waals surface area (Å²) in [5.41, 5.74) is 2.06. The highest BCUT2D eigenvalue weighted by Crippen LogP contribution is 2.41. The molecule has 0 bridgehead atoms. The van der Waals surface area contributed by atoms with Crippen molar-refractivity contribution in [2.45, 2.75) is 45.2 Å². The van der Waals surface area contributed by atoms with Crippen molar-refractivity contribution >= 4 is 0 Å². The molecule has 20 heavy (non-hydrogen) atoms. The van der Waals surface area contributed by atoms with Gasteiger partial charge >= 0.3 is 0 Å². The second-order valence-electron chi connectivity index (χ2n) is 6.77. The standard InChI is InChI=1S/C17H25FN2/c1-12-4-5-14(10-16(12)18)13(2)20-9-8-19-17(3,11-20)15-6-7-15/h4-5,10,13,15,19H,6-9,11H2,1-3H3. The number of piperazine rings is 1. The molecular formula is C17H25FN2. The number of rotatable bonds is 3. The van der Waals surface area contributed by atoms with Crippen molar-refractivity contribution < 1.29 is 4.39 Å². The van der Waals surface area contributed by atoms with Crippen LogP contribution in [0.3, 0.4) is 0 Å². The van der Waals surface area contributed by atoms with E-state index in [2.05, 4.69) is 30.1 Å². The van der Waals surface area contributed by atoms with E-state index >= 15 is 0 Å². The molecule has 3 rings (SSSR count). The molecule has 1 aromatic rings. The van der Waals surface area contributed by atoms with Crippen LogP contribution in [0.5, 0.6) is 0 Å². The van der Waals surface area contributed by atoms with E-state index in [0.29, 0.717) is 0 Å². The highest BCUT2D eigenvalue weighted by Gasteiger charge is 2.44. The zero-order chi connectivity index (χ0) is 14.3. The van der Waals surface area contributed by atoms with E-state index in [1.54, 1.807) is 6.07 Å². The van der Waals surface area contributed by atoms with Gasteiger partial charge in [-0.05, 0) is 56.7 Å². The third-order valence-electron chi connectivity index (χ3n) is 5.16. The van der Waals surface area contributed by atoms with Crippen LogP contribution >= 0.6 is 0 Å². The van der Waals surface area contributed by atoms with Crippen molar-refractivity contribution in [2.24, 2.45) is 5.92 Å². The molecule has 0 aromatic heterocycles. The third kappa shape index (κ3) is 2.61. The molecule has 0 spiro atoms. The molecule has 3 heteroatoms. The van der Waals surface area contributed by atoms with Gasteiger partial charge in [0.05, 0.1) is 0 Å². The third-order valence-corrected chi connectivity index (χ3v) is 5.16. The second kappa shape index (κ2) is 5.12. The minimum atomic E-state index is -0.0885. The fourth-order valence-electron chi connectivity index (χ4n) is 3.45. The van der Waals surface area contributed by atoms with Crippen LogP contribution in [0.4, 0.5) is 4.39 Å². The van der Waals surface area contributed by atoms with Crippen molar-refractivity contribution in [1.82, 2.24) is 10.2 Å². The maximum Gasteiger partial charge on any atom is 0.126 e. The molecular weight excluding hydrogens is 251 g/mol. The van der Waals surface area contributed by atoms with E-state index in [1.807, 2.05) is 13.0 Å². The first-order valence-corrected chi connectivity index (χ1v) is 7.75. The normalized spacial score (nSPS) is 29.4. The molecule has 2 atom stereocenters. The molecule has 1 N–H and O–H groups in total. The average molecular weight is 276 g/mol. The number of aryl methyl sites for hydroxylation is 1. The van der Waals surface area contributed by atoms with Crippen LogP contribution in [-0.2, 0) is 0 Å². The summed E-state index contributed by atoms with van der Waals surface area (Å²) in [5, 5.41) is 3.70. The fourth-order valence-corrected chi connectivity index (χ4v) is 3.45. The lowest BCUT2D eigenvalue weighted by molar-refractivity contribution is 0.0945. The topological polar surface area (TPSA) is 15.3 Å². The number of nitrogens with zero attached hydrogens (tertiary/aromatic N) is 1. The van der Waals surface area contributed by atoms with Gasteiger partial charge in [0.15, 0.2) is 0 Å². The average Bonchev–Trinajstić information content (AvgIpc) is 3.26. The Labute approximate surface area is 121 Å². The van der Waals surface area contributed by atoms with Gasteiger partial charge in [0.1, 0.15) is 5.82 Å². The summed E-state index contributed by atoms with van der Waals surface area (Å²) in [6, 6.07) is 5.95. The predicted octanol–water partition coefficient (Wildman–Crippen LogP) is 3.27. The molecule has 1 aliphatic carbocycles. The van der Waals surface area contributed by atoms with Gasteiger partial charge < -0.3 is 5.32 Å². The van der Waals surface area contributed by atoms with Crippen LogP contribution in [0.25, 0.3) is 0 Å². The van der Waals surface area contributed by atoms with Gasteiger partial charge in [0, 0.05) is 31.2 Å². The lowest BCUT2D eigenvalue weighted by Crippen LogP contribution is -2.60. The van der Waals surface area contributed by atoms with Crippen molar-refractivity contribution in [1.29, 1.82) is 0 Å². The van der Waals surface area contributed by atoms with Gasteiger partial charge in [-0.15, -0.1) is 0 Å². The Bertz CT molecular complexity index is 498. The van der Waals surface area contributed by atoms with Crippen molar-refractivity contribution in [3.63, 3.8) is 0 Å². The molecule has 1 aliphatic heterocycles. The van der Waals surface area contributed by atoms with Crippen LogP contribution in [0, 0.1) is 18.7 Å². The first kappa shape index (κ1) is 14.0. The second-order valence-corrected chi connectivity index (χ2v) is 6.77. The lowest BCUT2D eigenvalue weighted by Gasteiger charge is -2.44. The van der Waals surface area contributed by atoms with Crippen LogP contribution in [0.2, 0.25) is 0 Å². The minimum absolute atomic E-state index is 0.0885. The van der Waals surface area contributed by atoms with E-state index < -0.39 is 0 Å². The van der Waals surface area contributed by atoms with Gasteiger partial charge in [0.2, 0.25) is 0 Å². The summed E-state index contributed by atoms with van der Waals surface area (Å²) in [7, 11) is 0. The van der Waals surface area contributed by atoms with Gasteiger partial charge in [-0.2, -0.15) is 0 Å². The van der Waals surface area contributed by atoms with Crippen molar-refractivity contribution in [3.05, 3.63) is 35.1 Å². The molecule has 0 amide bonds. The molecule has 1 aromatic carbocycles. The smallest absolute Gasteiger partial charge is 0.126 e. The molecule has 2 unspecified atom stereocenters. The molecule has 2 aliphatic rings. The zero-order valence-electron chi connectivity index (χ0n) is 12.7. The largest absolute Gasteiger partial charge is 0.309 e. The number of hydrogen-bond acceptors (Lipinski definition) is 2. The zero-order valence-corrected chi connectivity index (χ0v) is 12.7. The Balaban J connectivity index is 1.75. The summed E-state index contributed by atoms with van der Waals surface area (Å²) < 4.78 is 13.8. The van der Waals surface area contributed by atoms with Crippen molar-refractivity contribution in [3.8, 4) is 0 Å². The number of halogens is 1. The molecule has 1 saturated carbocycles. The van der Waals surface area contributed by atoms with Crippen LogP contribution in [0.15, 0.2) is 18.2 Å². The summed E-state index contributed by atoms with van der Waals surface area (Å²) >= 11 is 0. The molecule has 2 fully saturated rings. The van der Waals surface area contributed by atoms with Crippen LogP contribution < -0.4 is 5.32 Å². The Morgan fingerprint density at radius 3 is 2.80 bits per heavy atom. The number of benzene rings is 1. The monoisotopic (exact) mass is 276 g/mol. The van der Waals surface area contributed by atoms with Crippen molar-refractivity contribution in [2.75, 3.05) is 19.6 Å². The SMILES string of the molecule is Cc1ccc(C(C)N2CCNC(C)(C3CC3)C2)cc1F. The highest BCUT2D eigenvalue weighted by molar-refractivity contribution is 5.26. The molecule has 110 valence electrons. The summed E-state index contributed by atoms with van der Waals surface area (Å²) in [6.07, 6.45) is 2.70. The summed E-state index contributed by atoms with van der Waals surface area (Å²) in [4.78, 5) is 2.50. The molecule has 0 radical (unpaired) electrons. The maximum atomic E-state index is 13.8. The summed E-state index contributed by atoms with van der Waals surface area (Å²) in [5.74, 6) is 0.738. The Hall–Kier alpha value is -0.930. The molecule has 2 nitrogen and oxygen atoms in total. The highest BCUT2D eigenvalue weighted by atomic mass is 19.1. The molecule has 1 heterocycles. The first-order chi connectivity index (χ1) is 9.49. The van der Waals surface area contributed by atoms with Gasteiger partial charge in [0.25, 0.3) is 0 Å². The Morgan fingerprint density at radius 1 is 1.40 bits per heavy atom. The van der Waals surface area contributed by atoms with Crippen LogP contribution in [-0.4, -0.2) is 30.1 Å². The fraction of sp³-hybridized carbons (Fsp3) is 0.647. The van der Waals surface area contributed by atoms with Gasteiger partial charge in [-0.1, -0.05) is 12.1 Å². The Morgan fingerprint density at radius 2 is 2.15 bits per heavy atom. The lowest BCUT2D eigenvalue weighted by atomic mass is 9.91. The predicted molar refractivity (Wildman–Crippen MR) is 80.3 cm³/mol. The first-order valence-electron chi connectivity index (χ1n) is 7.75. The number of hydrogen-bond donors (Lipinski definition) is 1. The van der Waals surface area contributed by atoms with Gasteiger partial charge in [-0.25, -0.2) is 4.39 Å². The van der Waals surface area contributed by atoms with E-state index in [-0.39, 0.29) is 17.4 Å². The van der Waals surface area contributed by atoms with E-state index in [4.69, 9.17) is 0 Å². The molecule has 1 saturated heterocycles. The Kier molecular flexibility index (Phi) is 3.59. The van der Waals surface area contributed by atoms with Crippen LogP contribution in [0.1, 0.15) is 43.9 Å². The quantitative estimate of drug-likeness (QED) is 0.911. The number of nitrogens with one attached hydrogen (secondary N) is 1. The minimum Gasteiger partial charge on any atom is -0.309 e. The van der Waals surface area contributed by atoms with E-state index in [1.165, 1.54) is 12.8 Å². The van der Waals surface area contributed by atoms with E-state index in [0.717, 1.165) is 36.7 Å².